The number of aryl methyl sites for hydroxylation is 1. The van der Waals surface area contributed by atoms with Crippen molar-refractivity contribution in [3.05, 3.63) is 5.82 Å². The molecule has 11 nitrogen and oxygen atoms in total. The Morgan fingerprint density at radius 1 is 1.14 bits per heavy atom. The Kier molecular flexibility index (Phi) is 6.77. The molecular formula is C16H24N6O5S2. The Balaban J connectivity index is 1.43. The van der Waals surface area contributed by atoms with Crippen LogP contribution in [0.15, 0.2) is 5.16 Å². The minimum Gasteiger partial charge on any atom is -0.370 e. The van der Waals surface area contributed by atoms with Gasteiger partial charge in [0.05, 0.1) is 17.3 Å². The number of hydrazine groups is 1. The van der Waals surface area contributed by atoms with Crippen LogP contribution in [0.5, 0.6) is 0 Å². The average molecular weight is 445 g/mol. The Labute approximate surface area is 172 Å². The number of sulfone groups is 1. The summed E-state index contributed by atoms with van der Waals surface area (Å²) in [4.78, 5) is 34.9. The van der Waals surface area contributed by atoms with Crippen LogP contribution in [0, 0.1) is 5.92 Å². The molecule has 4 N–H and O–H groups in total. The maximum absolute atomic E-state index is 12.0. The molecule has 3 rings (SSSR count). The fraction of sp³-hybridized carbons (Fsp3) is 0.688. The summed E-state index contributed by atoms with van der Waals surface area (Å²) in [5, 5.41) is 8.80. The summed E-state index contributed by atoms with van der Waals surface area (Å²) in [6.45, 7) is 0. The first-order chi connectivity index (χ1) is 13.7. The molecular weight excluding hydrogens is 420 g/mol. The predicted molar refractivity (Wildman–Crippen MR) is 104 cm³/mol. The highest BCUT2D eigenvalue weighted by Crippen LogP contribution is 2.38. The molecule has 0 spiro atoms. The summed E-state index contributed by atoms with van der Waals surface area (Å²) in [5.74, 6) is -0.618. The maximum Gasteiger partial charge on any atom is 0.248 e. The molecule has 1 saturated heterocycles. The zero-order valence-electron chi connectivity index (χ0n) is 15.8. The second-order valence-corrected chi connectivity index (χ2v) is 10.5. The first kappa shape index (κ1) is 21.6. The molecule has 2 aliphatic rings. The van der Waals surface area contributed by atoms with Gasteiger partial charge in [0.25, 0.3) is 0 Å². The number of hydrogen-bond donors (Lipinski definition) is 3. The van der Waals surface area contributed by atoms with E-state index < -0.39 is 27.6 Å². The molecule has 2 heterocycles. The Morgan fingerprint density at radius 3 is 2.48 bits per heavy atom. The van der Waals surface area contributed by atoms with Gasteiger partial charge >= 0.3 is 0 Å². The van der Waals surface area contributed by atoms with E-state index in [9.17, 15) is 22.8 Å². The van der Waals surface area contributed by atoms with Crippen LogP contribution >= 0.6 is 11.8 Å². The lowest BCUT2D eigenvalue weighted by molar-refractivity contribution is -0.128. The Hall–Kier alpha value is -2.15. The third-order valence-electron chi connectivity index (χ3n) is 4.72. The highest BCUT2D eigenvalue weighted by molar-refractivity contribution is 7.99. The number of thioether (sulfide) groups is 1. The van der Waals surface area contributed by atoms with Gasteiger partial charge in [-0.15, -0.1) is 10.2 Å². The highest BCUT2D eigenvalue weighted by atomic mass is 32.2. The van der Waals surface area contributed by atoms with Crippen LogP contribution in [0.1, 0.15) is 44.0 Å². The van der Waals surface area contributed by atoms with Crippen LogP contribution in [0.2, 0.25) is 0 Å². The van der Waals surface area contributed by atoms with Crippen LogP contribution < -0.4 is 16.6 Å². The molecule has 13 heteroatoms. The maximum atomic E-state index is 12.0. The number of hydrogen-bond acceptors (Lipinski definition) is 8. The number of nitrogens with two attached hydrogens (primary N) is 1. The lowest BCUT2D eigenvalue weighted by atomic mass is 10.1. The molecule has 160 valence electrons. The number of nitrogens with one attached hydrogen (secondary N) is 2. The molecule has 29 heavy (non-hydrogen) atoms. The molecule has 1 saturated carbocycles. The first-order valence-electron chi connectivity index (χ1n) is 9.36. The smallest absolute Gasteiger partial charge is 0.248 e. The molecule has 3 amide bonds. The van der Waals surface area contributed by atoms with Gasteiger partial charge in [0, 0.05) is 25.3 Å². The van der Waals surface area contributed by atoms with Gasteiger partial charge in [0.15, 0.2) is 15.0 Å². The number of carbonyl (C=O) groups is 3. The summed E-state index contributed by atoms with van der Waals surface area (Å²) in [7, 11) is -3.04. The summed E-state index contributed by atoms with van der Waals surface area (Å²) in [6, 6.07) is 0.279. The van der Waals surface area contributed by atoms with Gasteiger partial charge in [0.1, 0.15) is 5.82 Å². The zero-order valence-corrected chi connectivity index (χ0v) is 17.4. The second-order valence-electron chi connectivity index (χ2n) is 7.32. The van der Waals surface area contributed by atoms with Crippen molar-refractivity contribution >= 4 is 39.3 Å². The fourth-order valence-corrected chi connectivity index (χ4v) is 5.85. The van der Waals surface area contributed by atoms with E-state index in [0.717, 1.165) is 12.8 Å². The van der Waals surface area contributed by atoms with Gasteiger partial charge in [-0.25, -0.2) is 8.42 Å². The number of primary amides is 1. The van der Waals surface area contributed by atoms with Gasteiger partial charge < -0.3 is 10.3 Å². The number of rotatable bonds is 9. The minimum absolute atomic E-state index is 0.0130. The molecule has 0 aromatic carbocycles. The number of amides is 3. The monoisotopic (exact) mass is 444 g/mol. The van der Waals surface area contributed by atoms with Gasteiger partial charge in [-0.3, -0.25) is 25.2 Å². The Morgan fingerprint density at radius 2 is 1.86 bits per heavy atom. The van der Waals surface area contributed by atoms with Crippen LogP contribution in [-0.2, 0) is 30.6 Å². The number of aromatic nitrogens is 3. The minimum atomic E-state index is -3.04. The van der Waals surface area contributed by atoms with Crippen molar-refractivity contribution in [3.8, 4) is 0 Å². The van der Waals surface area contributed by atoms with E-state index in [-0.39, 0.29) is 42.1 Å². The van der Waals surface area contributed by atoms with Gasteiger partial charge in [-0.05, 0) is 25.2 Å². The number of carbonyl (C=O) groups excluding carboxylic acids is 3. The first-order valence-corrected chi connectivity index (χ1v) is 12.2. The van der Waals surface area contributed by atoms with E-state index >= 15 is 0 Å². The van der Waals surface area contributed by atoms with Crippen molar-refractivity contribution in [2.45, 2.75) is 49.7 Å². The largest absolute Gasteiger partial charge is 0.370 e. The second kappa shape index (κ2) is 9.11. The summed E-state index contributed by atoms with van der Waals surface area (Å²) >= 11 is 1.19. The van der Waals surface area contributed by atoms with E-state index in [1.807, 2.05) is 4.57 Å². The molecule has 2 fully saturated rings. The van der Waals surface area contributed by atoms with Crippen LogP contribution in [0.4, 0.5) is 0 Å². The standard InChI is InChI=1S/C16H24N6O5S2/c17-12(23)3-4-13-18-21-16(22(13)11-1-2-11)28-8-15(25)20-19-14(24)7-10-5-6-29(26,27)9-10/h10-11H,1-9H2,(H2,17,23)(H,19,24)(H,20,25). The van der Waals surface area contributed by atoms with Crippen molar-refractivity contribution in [3.63, 3.8) is 0 Å². The van der Waals surface area contributed by atoms with Gasteiger partial charge in [0.2, 0.25) is 17.7 Å². The SMILES string of the molecule is NC(=O)CCc1nnc(SCC(=O)NNC(=O)CC2CCS(=O)(=O)C2)n1C1CC1. The molecule has 1 atom stereocenters. The molecule has 1 aliphatic heterocycles. The molecule has 1 aromatic heterocycles. The van der Waals surface area contributed by atoms with E-state index in [2.05, 4.69) is 21.0 Å². The lowest BCUT2D eigenvalue weighted by Gasteiger charge is -2.10. The van der Waals surface area contributed by atoms with Crippen molar-refractivity contribution in [2.24, 2.45) is 11.7 Å². The molecule has 0 radical (unpaired) electrons. The van der Waals surface area contributed by atoms with E-state index in [4.69, 9.17) is 5.73 Å². The van der Waals surface area contributed by atoms with Gasteiger partial charge in [-0.2, -0.15) is 0 Å². The van der Waals surface area contributed by atoms with Crippen LogP contribution in [0.3, 0.4) is 0 Å². The normalized spacial score (nSPS) is 20.3. The molecule has 0 bridgehead atoms. The van der Waals surface area contributed by atoms with E-state index in [1.54, 1.807) is 0 Å². The highest BCUT2D eigenvalue weighted by Gasteiger charge is 2.30. The van der Waals surface area contributed by atoms with Crippen molar-refractivity contribution < 1.29 is 22.8 Å². The predicted octanol–water partition coefficient (Wildman–Crippen LogP) is -0.905. The molecule has 1 aliphatic carbocycles. The van der Waals surface area contributed by atoms with Crippen molar-refractivity contribution in [1.82, 2.24) is 25.6 Å². The fourth-order valence-electron chi connectivity index (χ4n) is 3.16. The van der Waals surface area contributed by atoms with Gasteiger partial charge in [-0.1, -0.05) is 11.8 Å². The summed E-state index contributed by atoms with van der Waals surface area (Å²) in [6.07, 6.45) is 3.10. The third kappa shape index (κ3) is 6.42. The van der Waals surface area contributed by atoms with Crippen molar-refractivity contribution in [2.75, 3.05) is 17.3 Å². The van der Waals surface area contributed by atoms with E-state index in [0.29, 0.717) is 23.8 Å². The zero-order chi connectivity index (χ0) is 21.0. The topological polar surface area (TPSA) is 166 Å². The van der Waals surface area contributed by atoms with Crippen molar-refractivity contribution in [1.29, 1.82) is 0 Å². The quantitative estimate of drug-likeness (QED) is 0.325. The van der Waals surface area contributed by atoms with Crippen LogP contribution in [0.25, 0.3) is 0 Å². The summed E-state index contributed by atoms with van der Waals surface area (Å²) < 4.78 is 24.8. The third-order valence-corrected chi connectivity index (χ3v) is 7.50. The Bertz CT molecular complexity index is 896. The number of nitrogens with zero attached hydrogens (tertiary/aromatic N) is 3. The molecule has 1 aromatic rings. The van der Waals surface area contributed by atoms with Crippen LogP contribution in [-0.4, -0.2) is 58.2 Å². The van der Waals surface area contributed by atoms with E-state index in [1.165, 1.54) is 11.8 Å². The molecule has 1 unspecified atom stereocenters. The summed E-state index contributed by atoms with van der Waals surface area (Å²) in [5.41, 5.74) is 9.84. The average Bonchev–Trinajstić information content (AvgIpc) is 3.31. The lowest BCUT2D eigenvalue weighted by Crippen LogP contribution is -2.43.